The van der Waals surface area contributed by atoms with Crippen LogP contribution in [-0.4, -0.2) is 36.0 Å². The van der Waals surface area contributed by atoms with Crippen LogP contribution < -0.4 is 5.32 Å². The lowest BCUT2D eigenvalue weighted by Crippen LogP contribution is -2.60. The molecule has 1 aromatic carbocycles. The molecule has 0 spiro atoms. The van der Waals surface area contributed by atoms with E-state index in [-0.39, 0.29) is 12.1 Å². The molecular weight excluding hydrogens is 240 g/mol. The molecule has 0 saturated carbocycles. The van der Waals surface area contributed by atoms with Gasteiger partial charge in [0, 0.05) is 18.5 Å². The molecule has 2 heterocycles. The van der Waals surface area contributed by atoms with Crippen molar-refractivity contribution in [2.75, 3.05) is 13.2 Å². The molecule has 2 bridgehead atoms. The van der Waals surface area contributed by atoms with Gasteiger partial charge in [-0.05, 0) is 24.5 Å². The van der Waals surface area contributed by atoms with E-state index in [4.69, 9.17) is 10.00 Å². The normalized spacial score (nSPS) is 33.7. The van der Waals surface area contributed by atoms with Gasteiger partial charge in [0.1, 0.15) is 0 Å². The fourth-order valence-electron chi connectivity index (χ4n) is 3.30. The van der Waals surface area contributed by atoms with Gasteiger partial charge in [-0.1, -0.05) is 18.2 Å². The topological polar surface area (TPSA) is 65.3 Å². The van der Waals surface area contributed by atoms with Gasteiger partial charge in [0.15, 0.2) is 0 Å². The number of morpholine rings is 1. The number of ether oxygens (including phenoxy) is 1. The first-order chi connectivity index (χ1) is 9.18. The third kappa shape index (κ3) is 2.64. The van der Waals surface area contributed by atoms with Gasteiger partial charge in [-0.2, -0.15) is 5.26 Å². The fourth-order valence-corrected chi connectivity index (χ4v) is 3.30. The average Bonchev–Trinajstić information content (AvgIpc) is 2.38. The van der Waals surface area contributed by atoms with Gasteiger partial charge >= 0.3 is 0 Å². The van der Waals surface area contributed by atoms with Crippen LogP contribution in [0.25, 0.3) is 0 Å². The monoisotopic (exact) mass is 258 g/mol. The van der Waals surface area contributed by atoms with Crippen molar-refractivity contribution in [3.63, 3.8) is 0 Å². The first-order valence-electron chi connectivity index (χ1n) is 6.73. The number of nitrogens with zero attached hydrogens (tertiary/aromatic N) is 1. The zero-order valence-electron chi connectivity index (χ0n) is 10.8. The van der Waals surface area contributed by atoms with Crippen LogP contribution in [0.4, 0.5) is 0 Å². The fraction of sp³-hybridized carbons (Fsp3) is 0.533. The average molecular weight is 258 g/mol. The van der Waals surface area contributed by atoms with E-state index in [2.05, 4.69) is 11.4 Å². The smallest absolute Gasteiger partial charge is 0.0994 e. The summed E-state index contributed by atoms with van der Waals surface area (Å²) in [6.45, 7) is 1.33. The Balaban J connectivity index is 1.80. The second-order valence-corrected chi connectivity index (χ2v) is 5.68. The maximum atomic E-state index is 10.8. The summed E-state index contributed by atoms with van der Waals surface area (Å²) in [5.41, 5.74) is 0.876. The number of hydrogen-bond acceptors (Lipinski definition) is 4. The standard InChI is InChI=1S/C15H18N2O2/c16-8-12-4-2-1-3-11(12)5-15(18)6-13-9-19-10-14(7-15)17-13/h1-4,13-14,17-18H,5-7,9-10H2. The number of fused-ring (bicyclic) bond motifs is 2. The lowest BCUT2D eigenvalue weighted by molar-refractivity contribution is -0.0755. The van der Waals surface area contributed by atoms with Gasteiger partial charge < -0.3 is 15.2 Å². The first-order valence-corrected chi connectivity index (χ1v) is 6.73. The minimum absolute atomic E-state index is 0.228. The van der Waals surface area contributed by atoms with Crippen molar-refractivity contribution in [1.82, 2.24) is 5.32 Å². The molecule has 0 aromatic heterocycles. The number of nitriles is 1. The number of nitrogens with one attached hydrogen (secondary N) is 1. The van der Waals surface area contributed by atoms with Crippen LogP contribution >= 0.6 is 0 Å². The molecular formula is C15H18N2O2. The predicted octanol–water partition coefficient (Wildman–Crippen LogP) is 0.983. The Hall–Kier alpha value is -1.41. The Morgan fingerprint density at radius 2 is 2.00 bits per heavy atom. The van der Waals surface area contributed by atoms with Crippen molar-refractivity contribution in [2.24, 2.45) is 0 Å². The van der Waals surface area contributed by atoms with Gasteiger partial charge in [0.2, 0.25) is 0 Å². The molecule has 1 aromatic rings. The first kappa shape index (κ1) is 12.6. The molecule has 4 nitrogen and oxygen atoms in total. The molecule has 3 rings (SSSR count). The summed E-state index contributed by atoms with van der Waals surface area (Å²) in [7, 11) is 0. The molecule has 2 atom stereocenters. The molecule has 0 amide bonds. The van der Waals surface area contributed by atoms with E-state index in [1.807, 2.05) is 24.3 Å². The van der Waals surface area contributed by atoms with Crippen molar-refractivity contribution in [1.29, 1.82) is 5.26 Å². The molecule has 2 N–H and O–H groups in total. The predicted molar refractivity (Wildman–Crippen MR) is 70.6 cm³/mol. The van der Waals surface area contributed by atoms with Gasteiger partial charge in [-0.25, -0.2) is 0 Å². The maximum absolute atomic E-state index is 10.8. The van der Waals surface area contributed by atoms with Crippen LogP contribution in [-0.2, 0) is 11.2 Å². The Labute approximate surface area is 113 Å². The number of hydrogen-bond donors (Lipinski definition) is 2. The molecule has 0 radical (unpaired) electrons. The summed E-state index contributed by atoms with van der Waals surface area (Å²) in [5, 5.41) is 23.4. The van der Waals surface area contributed by atoms with Crippen molar-refractivity contribution >= 4 is 0 Å². The van der Waals surface area contributed by atoms with Crippen LogP contribution in [0.2, 0.25) is 0 Å². The summed E-state index contributed by atoms with van der Waals surface area (Å²) < 4.78 is 5.50. The van der Waals surface area contributed by atoms with Crippen molar-refractivity contribution in [3.05, 3.63) is 35.4 Å². The summed E-state index contributed by atoms with van der Waals surface area (Å²) in [6, 6.07) is 10.2. The lowest BCUT2D eigenvalue weighted by atomic mass is 9.78. The van der Waals surface area contributed by atoms with Crippen LogP contribution in [0.1, 0.15) is 24.0 Å². The highest BCUT2D eigenvalue weighted by atomic mass is 16.5. The van der Waals surface area contributed by atoms with E-state index in [0.717, 1.165) is 5.56 Å². The quantitative estimate of drug-likeness (QED) is 0.830. The number of aliphatic hydroxyl groups is 1. The SMILES string of the molecule is N#Cc1ccccc1CC1(O)CC2COCC(C1)N2. The largest absolute Gasteiger partial charge is 0.389 e. The minimum atomic E-state index is -0.725. The molecule has 100 valence electrons. The third-order valence-corrected chi connectivity index (χ3v) is 4.02. The molecule has 2 fully saturated rings. The molecule has 2 aliphatic heterocycles. The zero-order valence-corrected chi connectivity index (χ0v) is 10.8. The van der Waals surface area contributed by atoms with E-state index >= 15 is 0 Å². The van der Waals surface area contributed by atoms with E-state index in [9.17, 15) is 5.11 Å². The van der Waals surface area contributed by atoms with Crippen LogP contribution in [0.5, 0.6) is 0 Å². The molecule has 4 heteroatoms. The van der Waals surface area contributed by atoms with E-state index in [0.29, 0.717) is 38.0 Å². The van der Waals surface area contributed by atoms with Crippen molar-refractivity contribution < 1.29 is 9.84 Å². The molecule has 2 aliphatic rings. The van der Waals surface area contributed by atoms with Crippen molar-refractivity contribution in [3.8, 4) is 6.07 Å². The van der Waals surface area contributed by atoms with Gasteiger partial charge in [0.25, 0.3) is 0 Å². The lowest BCUT2D eigenvalue weighted by Gasteiger charge is -2.45. The molecule has 2 unspecified atom stereocenters. The van der Waals surface area contributed by atoms with Crippen LogP contribution in [0.15, 0.2) is 24.3 Å². The number of rotatable bonds is 2. The van der Waals surface area contributed by atoms with Gasteiger partial charge in [-0.15, -0.1) is 0 Å². The van der Waals surface area contributed by atoms with Crippen LogP contribution in [0.3, 0.4) is 0 Å². The second-order valence-electron chi connectivity index (χ2n) is 5.68. The molecule has 0 aliphatic carbocycles. The maximum Gasteiger partial charge on any atom is 0.0994 e. The molecule has 2 saturated heterocycles. The summed E-state index contributed by atoms with van der Waals surface area (Å²) in [4.78, 5) is 0. The van der Waals surface area contributed by atoms with E-state index in [1.165, 1.54) is 0 Å². The van der Waals surface area contributed by atoms with Gasteiger partial charge in [0.05, 0.1) is 30.4 Å². The Kier molecular flexibility index (Phi) is 3.28. The highest BCUT2D eigenvalue weighted by Gasteiger charge is 2.41. The third-order valence-electron chi connectivity index (χ3n) is 4.02. The second kappa shape index (κ2) is 4.93. The zero-order chi connectivity index (χ0) is 13.3. The minimum Gasteiger partial charge on any atom is -0.389 e. The van der Waals surface area contributed by atoms with Gasteiger partial charge in [-0.3, -0.25) is 0 Å². The summed E-state index contributed by atoms with van der Waals surface area (Å²) in [5.74, 6) is 0. The highest BCUT2D eigenvalue weighted by Crippen LogP contribution is 2.31. The Morgan fingerprint density at radius 3 is 2.68 bits per heavy atom. The van der Waals surface area contributed by atoms with Crippen molar-refractivity contribution in [2.45, 2.75) is 36.9 Å². The van der Waals surface area contributed by atoms with E-state index in [1.54, 1.807) is 0 Å². The summed E-state index contributed by atoms with van der Waals surface area (Å²) in [6.07, 6.45) is 1.91. The Bertz CT molecular complexity index is 497. The number of piperidine rings is 1. The van der Waals surface area contributed by atoms with Crippen LogP contribution in [0, 0.1) is 11.3 Å². The van der Waals surface area contributed by atoms with E-state index < -0.39 is 5.60 Å². The summed E-state index contributed by atoms with van der Waals surface area (Å²) >= 11 is 0. The number of benzene rings is 1. The Morgan fingerprint density at radius 1 is 1.32 bits per heavy atom. The highest BCUT2D eigenvalue weighted by molar-refractivity contribution is 5.38. The molecule has 19 heavy (non-hydrogen) atoms.